The molecule has 0 radical (unpaired) electrons. The van der Waals surface area contributed by atoms with Crippen molar-refractivity contribution in [2.75, 3.05) is 13.6 Å². The zero-order chi connectivity index (χ0) is 14.8. The van der Waals surface area contributed by atoms with Crippen molar-refractivity contribution in [1.82, 2.24) is 4.31 Å². The average molecular weight is 288 g/mol. The van der Waals surface area contributed by atoms with Gasteiger partial charge in [-0.05, 0) is 18.4 Å². The molecule has 0 saturated heterocycles. The predicted molar refractivity (Wildman–Crippen MR) is 78.5 cm³/mol. The van der Waals surface area contributed by atoms with Gasteiger partial charge in [0.2, 0.25) is 10.0 Å². The summed E-state index contributed by atoms with van der Waals surface area (Å²) in [5.74, 6) is -0.343. The van der Waals surface area contributed by atoms with E-state index in [9.17, 15) is 8.42 Å². The minimum absolute atomic E-state index is 0.183. The molecule has 0 bridgehead atoms. The molecule has 2 aromatic rings. The molecule has 2 rings (SSSR count). The molecule has 20 heavy (non-hydrogen) atoms. The molecule has 0 aliphatic rings. The van der Waals surface area contributed by atoms with Crippen molar-refractivity contribution in [3.05, 3.63) is 42.5 Å². The Morgan fingerprint density at radius 1 is 1.20 bits per heavy atom. The summed E-state index contributed by atoms with van der Waals surface area (Å²) in [6.07, 6.45) is 0. The largest absolute Gasteiger partial charge is 0.243 e. The fourth-order valence-corrected chi connectivity index (χ4v) is 3.58. The molecule has 2 aromatic carbocycles. The highest BCUT2D eigenvalue weighted by molar-refractivity contribution is 7.89. The maximum Gasteiger partial charge on any atom is 0.243 e. The SMILES string of the molecule is CC(C#N)CN(C)S(=O)(=O)c1cccc2ccccc12. The van der Waals surface area contributed by atoms with Crippen molar-refractivity contribution in [3.8, 4) is 6.07 Å². The van der Waals surface area contributed by atoms with Crippen LogP contribution in [0.4, 0.5) is 0 Å². The molecule has 0 aliphatic heterocycles. The number of rotatable bonds is 4. The van der Waals surface area contributed by atoms with E-state index in [-0.39, 0.29) is 17.4 Å². The van der Waals surface area contributed by atoms with Crippen LogP contribution in [0.5, 0.6) is 0 Å². The normalized spacial score (nSPS) is 13.3. The van der Waals surface area contributed by atoms with E-state index in [0.717, 1.165) is 5.39 Å². The minimum Gasteiger partial charge on any atom is -0.207 e. The highest BCUT2D eigenvalue weighted by Gasteiger charge is 2.24. The highest BCUT2D eigenvalue weighted by Crippen LogP contribution is 2.25. The van der Waals surface area contributed by atoms with Crippen LogP contribution in [-0.2, 0) is 10.0 Å². The van der Waals surface area contributed by atoms with E-state index in [1.807, 2.05) is 24.3 Å². The van der Waals surface area contributed by atoms with E-state index < -0.39 is 10.0 Å². The first-order valence-corrected chi connectivity index (χ1v) is 7.74. The lowest BCUT2D eigenvalue weighted by atomic mass is 10.1. The Morgan fingerprint density at radius 2 is 1.85 bits per heavy atom. The first kappa shape index (κ1) is 14.5. The fraction of sp³-hybridized carbons (Fsp3) is 0.267. The third-order valence-electron chi connectivity index (χ3n) is 3.19. The van der Waals surface area contributed by atoms with Crippen molar-refractivity contribution >= 4 is 20.8 Å². The Bertz CT molecular complexity index is 758. The van der Waals surface area contributed by atoms with Gasteiger partial charge in [0.25, 0.3) is 0 Å². The summed E-state index contributed by atoms with van der Waals surface area (Å²) in [5, 5.41) is 10.4. The average Bonchev–Trinajstić information content (AvgIpc) is 2.46. The molecular weight excluding hydrogens is 272 g/mol. The summed E-state index contributed by atoms with van der Waals surface area (Å²) in [6, 6.07) is 14.6. The van der Waals surface area contributed by atoms with Crippen LogP contribution in [-0.4, -0.2) is 26.3 Å². The van der Waals surface area contributed by atoms with Crippen LogP contribution in [0.15, 0.2) is 47.4 Å². The third kappa shape index (κ3) is 2.67. The molecule has 0 amide bonds. The second kappa shape index (κ2) is 5.61. The Kier molecular flexibility index (Phi) is 4.07. The van der Waals surface area contributed by atoms with E-state index in [4.69, 9.17) is 5.26 Å². The lowest BCUT2D eigenvalue weighted by Crippen LogP contribution is -2.30. The topological polar surface area (TPSA) is 61.2 Å². The van der Waals surface area contributed by atoms with E-state index in [2.05, 4.69) is 6.07 Å². The molecule has 0 N–H and O–H groups in total. The molecule has 0 fully saturated rings. The fourth-order valence-electron chi connectivity index (χ4n) is 2.11. The number of hydrogen-bond donors (Lipinski definition) is 0. The molecule has 0 aromatic heterocycles. The van der Waals surface area contributed by atoms with Crippen LogP contribution in [0.1, 0.15) is 6.92 Å². The highest BCUT2D eigenvalue weighted by atomic mass is 32.2. The summed E-state index contributed by atoms with van der Waals surface area (Å²) in [6.45, 7) is 1.89. The van der Waals surface area contributed by atoms with Gasteiger partial charge in [0.1, 0.15) is 0 Å². The third-order valence-corrected chi connectivity index (χ3v) is 5.07. The molecule has 0 aliphatic carbocycles. The zero-order valence-corrected chi connectivity index (χ0v) is 12.3. The minimum atomic E-state index is -3.59. The Labute approximate surface area is 119 Å². The molecule has 1 unspecified atom stereocenters. The number of benzene rings is 2. The smallest absolute Gasteiger partial charge is 0.207 e. The van der Waals surface area contributed by atoms with E-state index in [1.54, 1.807) is 25.1 Å². The molecule has 104 valence electrons. The molecule has 0 saturated carbocycles. The van der Waals surface area contributed by atoms with Crippen molar-refractivity contribution in [1.29, 1.82) is 5.26 Å². The lowest BCUT2D eigenvalue weighted by Gasteiger charge is -2.19. The van der Waals surface area contributed by atoms with Gasteiger partial charge in [-0.3, -0.25) is 0 Å². The van der Waals surface area contributed by atoms with Gasteiger partial charge in [-0.15, -0.1) is 0 Å². The van der Waals surface area contributed by atoms with Crippen LogP contribution in [0, 0.1) is 17.2 Å². The Morgan fingerprint density at radius 3 is 2.55 bits per heavy atom. The van der Waals surface area contributed by atoms with Crippen molar-refractivity contribution < 1.29 is 8.42 Å². The first-order chi connectivity index (χ1) is 9.46. The van der Waals surface area contributed by atoms with Crippen LogP contribution in [0.25, 0.3) is 10.8 Å². The van der Waals surface area contributed by atoms with Crippen molar-refractivity contribution in [3.63, 3.8) is 0 Å². The van der Waals surface area contributed by atoms with E-state index in [1.165, 1.54) is 11.4 Å². The second-order valence-corrected chi connectivity index (χ2v) is 6.81. The summed E-state index contributed by atoms with van der Waals surface area (Å²) < 4.78 is 26.5. The Balaban J connectivity index is 2.50. The lowest BCUT2D eigenvalue weighted by molar-refractivity contribution is 0.439. The standard InChI is InChI=1S/C15H16N2O2S/c1-12(10-16)11-17(2)20(18,19)15-9-5-7-13-6-3-4-8-14(13)15/h3-9,12H,11H2,1-2H3. The van der Waals surface area contributed by atoms with Crippen molar-refractivity contribution in [2.24, 2.45) is 5.92 Å². The zero-order valence-electron chi connectivity index (χ0n) is 11.4. The number of nitrogens with zero attached hydrogens (tertiary/aromatic N) is 2. The van der Waals surface area contributed by atoms with Gasteiger partial charge in [0, 0.05) is 19.0 Å². The molecule has 0 spiro atoms. The van der Waals surface area contributed by atoms with Crippen LogP contribution in [0.3, 0.4) is 0 Å². The number of fused-ring (bicyclic) bond motifs is 1. The Hall–Kier alpha value is -1.90. The monoisotopic (exact) mass is 288 g/mol. The van der Waals surface area contributed by atoms with Crippen LogP contribution >= 0.6 is 0 Å². The molecule has 4 nitrogen and oxygen atoms in total. The quantitative estimate of drug-likeness (QED) is 0.869. The maximum absolute atomic E-state index is 12.6. The van der Waals surface area contributed by atoms with Gasteiger partial charge in [0.15, 0.2) is 0 Å². The van der Waals surface area contributed by atoms with Gasteiger partial charge in [-0.2, -0.15) is 9.57 Å². The summed E-state index contributed by atoms with van der Waals surface area (Å²) in [4.78, 5) is 0.281. The predicted octanol–water partition coefficient (Wildman–Crippen LogP) is 2.62. The molecule has 0 heterocycles. The van der Waals surface area contributed by atoms with Crippen LogP contribution in [0.2, 0.25) is 0 Å². The van der Waals surface area contributed by atoms with Gasteiger partial charge < -0.3 is 0 Å². The van der Waals surface area contributed by atoms with E-state index in [0.29, 0.717) is 5.39 Å². The molecule has 1 atom stereocenters. The number of hydrogen-bond acceptors (Lipinski definition) is 3. The van der Waals surface area contributed by atoms with Gasteiger partial charge in [-0.1, -0.05) is 36.4 Å². The number of sulfonamides is 1. The summed E-state index contributed by atoms with van der Waals surface area (Å²) in [5.41, 5.74) is 0. The van der Waals surface area contributed by atoms with Gasteiger partial charge >= 0.3 is 0 Å². The molecule has 5 heteroatoms. The van der Waals surface area contributed by atoms with Gasteiger partial charge in [0.05, 0.1) is 16.9 Å². The second-order valence-electron chi connectivity index (χ2n) is 4.79. The van der Waals surface area contributed by atoms with Crippen LogP contribution < -0.4 is 0 Å². The summed E-state index contributed by atoms with van der Waals surface area (Å²) in [7, 11) is -2.08. The first-order valence-electron chi connectivity index (χ1n) is 6.30. The number of nitriles is 1. The maximum atomic E-state index is 12.6. The van der Waals surface area contributed by atoms with Crippen molar-refractivity contribution in [2.45, 2.75) is 11.8 Å². The summed E-state index contributed by atoms with van der Waals surface area (Å²) >= 11 is 0. The molecular formula is C15H16N2O2S. The van der Waals surface area contributed by atoms with E-state index >= 15 is 0 Å². The van der Waals surface area contributed by atoms with Gasteiger partial charge in [-0.25, -0.2) is 8.42 Å².